The Bertz CT molecular complexity index is 544. The van der Waals surface area contributed by atoms with Crippen molar-refractivity contribution >= 4 is 17.6 Å². The summed E-state index contributed by atoms with van der Waals surface area (Å²) in [5, 5.41) is 9.04. The number of amides is 1. The molecule has 0 bridgehead atoms. The summed E-state index contributed by atoms with van der Waals surface area (Å²) in [4.78, 5) is 26.9. The molecule has 2 aliphatic heterocycles. The second-order valence-electron chi connectivity index (χ2n) is 5.43. The van der Waals surface area contributed by atoms with E-state index in [1.807, 2.05) is 11.0 Å². The van der Waals surface area contributed by atoms with Gasteiger partial charge in [0.05, 0.1) is 11.6 Å². The first-order chi connectivity index (χ1) is 9.65. The Morgan fingerprint density at radius 2 is 2.15 bits per heavy atom. The van der Waals surface area contributed by atoms with Gasteiger partial charge in [0.2, 0.25) is 5.91 Å². The first-order valence-electron chi connectivity index (χ1n) is 7.03. The van der Waals surface area contributed by atoms with E-state index in [9.17, 15) is 9.59 Å². The van der Waals surface area contributed by atoms with Gasteiger partial charge in [0, 0.05) is 31.7 Å². The molecule has 3 rings (SSSR count). The van der Waals surface area contributed by atoms with E-state index in [1.165, 1.54) is 0 Å². The molecule has 5 heteroatoms. The number of likely N-dealkylation sites (tertiary alicyclic amines) is 1. The van der Waals surface area contributed by atoms with Crippen molar-refractivity contribution in [3.63, 3.8) is 0 Å². The fourth-order valence-corrected chi connectivity index (χ4v) is 3.12. The van der Waals surface area contributed by atoms with Crippen LogP contribution < -0.4 is 4.90 Å². The molecule has 1 unspecified atom stereocenters. The van der Waals surface area contributed by atoms with Gasteiger partial charge < -0.3 is 14.9 Å². The molecule has 0 saturated carbocycles. The lowest BCUT2D eigenvalue weighted by molar-refractivity contribution is -0.129. The van der Waals surface area contributed by atoms with Crippen molar-refractivity contribution in [2.45, 2.75) is 25.3 Å². The Balaban J connectivity index is 1.72. The number of rotatable bonds is 3. The molecule has 2 heterocycles. The standard InChI is InChI=1S/C15H18N2O3/c18-14-5-2-7-17(14)13-6-8-16(10-13)12-4-1-3-11(9-12)15(19)20/h1,3-4,9,13H,2,5-8,10H2,(H,19,20). The molecule has 5 nitrogen and oxygen atoms in total. The van der Waals surface area contributed by atoms with Crippen LogP contribution in [-0.4, -0.2) is 47.6 Å². The van der Waals surface area contributed by atoms with Gasteiger partial charge in [-0.15, -0.1) is 0 Å². The minimum Gasteiger partial charge on any atom is -0.478 e. The summed E-state index contributed by atoms with van der Waals surface area (Å²) in [6.45, 7) is 2.54. The van der Waals surface area contributed by atoms with Gasteiger partial charge in [0.25, 0.3) is 0 Å². The largest absolute Gasteiger partial charge is 0.478 e. The monoisotopic (exact) mass is 274 g/mol. The third kappa shape index (κ3) is 2.35. The van der Waals surface area contributed by atoms with E-state index in [1.54, 1.807) is 18.2 Å². The zero-order chi connectivity index (χ0) is 14.1. The van der Waals surface area contributed by atoms with Crippen LogP contribution in [0.15, 0.2) is 24.3 Å². The van der Waals surface area contributed by atoms with Crippen LogP contribution >= 0.6 is 0 Å². The second-order valence-corrected chi connectivity index (χ2v) is 5.43. The Kier molecular flexibility index (Phi) is 3.34. The van der Waals surface area contributed by atoms with E-state index in [2.05, 4.69) is 4.90 Å². The molecule has 0 radical (unpaired) electrons. The number of carboxylic acids is 1. The molecule has 2 fully saturated rings. The summed E-state index contributed by atoms with van der Waals surface area (Å²) >= 11 is 0. The smallest absolute Gasteiger partial charge is 0.335 e. The molecule has 1 aromatic carbocycles. The Morgan fingerprint density at radius 1 is 1.30 bits per heavy atom. The quantitative estimate of drug-likeness (QED) is 0.909. The highest BCUT2D eigenvalue weighted by molar-refractivity contribution is 5.88. The molecular weight excluding hydrogens is 256 g/mol. The Hall–Kier alpha value is -2.04. The van der Waals surface area contributed by atoms with Crippen molar-refractivity contribution in [3.8, 4) is 0 Å². The fraction of sp³-hybridized carbons (Fsp3) is 0.467. The van der Waals surface area contributed by atoms with Gasteiger partial charge in [-0.2, -0.15) is 0 Å². The molecule has 2 saturated heterocycles. The van der Waals surface area contributed by atoms with Crippen LogP contribution in [0.5, 0.6) is 0 Å². The lowest BCUT2D eigenvalue weighted by Crippen LogP contribution is -2.38. The normalized spacial score (nSPS) is 22.6. The molecule has 0 aliphatic carbocycles. The van der Waals surface area contributed by atoms with Crippen molar-refractivity contribution in [1.29, 1.82) is 0 Å². The van der Waals surface area contributed by atoms with Crippen LogP contribution in [0, 0.1) is 0 Å². The van der Waals surface area contributed by atoms with Gasteiger partial charge in [-0.05, 0) is 31.0 Å². The molecule has 1 aromatic rings. The van der Waals surface area contributed by atoms with Gasteiger partial charge in [-0.25, -0.2) is 4.79 Å². The predicted molar refractivity (Wildman–Crippen MR) is 75.0 cm³/mol. The van der Waals surface area contributed by atoms with Crippen molar-refractivity contribution in [1.82, 2.24) is 4.90 Å². The fourth-order valence-electron chi connectivity index (χ4n) is 3.12. The van der Waals surface area contributed by atoms with Gasteiger partial charge in [-0.1, -0.05) is 6.07 Å². The Morgan fingerprint density at radius 3 is 2.85 bits per heavy atom. The number of carbonyl (C=O) groups excluding carboxylic acids is 1. The maximum Gasteiger partial charge on any atom is 0.335 e. The van der Waals surface area contributed by atoms with Crippen LogP contribution in [0.3, 0.4) is 0 Å². The van der Waals surface area contributed by atoms with E-state index in [-0.39, 0.29) is 11.9 Å². The zero-order valence-electron chi connectivity index (χ0n) is 11.3. The molecule has 1 atom stereocenters. The number of hydrogen-bond donors (Lipinski definition) is 1. The first-order valence-corrected chi connectivity index (χ1v) is 7.03. The summed E-state index contributed by atoms with van der Waals surface area (Å²) in [5.41, 5.74) is 1.24. The summed E-state index contributed by atoms with van der Waals surface area (Å²) < 4.78 is 0. The van der Waals surface area contributed by atoms with Gasteiger partial charge in [0.15, 0.2) is 0 Å². The summed E-state index contributed by atoms with van der Waals surface area (Å²) in [6, 6.07) is 7.28. The summed E-state index contributed by atoms with van der Waals surface area (Å²) in [6.07, 6.45) is 2.60. The van der Waals surface area contributed by atoms with Crippen LogP contribution in [0.1, 0.15) is 29.6 Å². The van der Waals surface area contributed by atoms with Crippen LogP contribution in [0.4, 0.5) is 5.69 Å². The number of benzene rings is 1. The van der Waals surface area contributed by atoms with E-state index >= 15 is 0 Å². The third-order valence-corrected chi connectivity index (χ3v) is 4.17. The second kappa shape index (κ2) is 5.15. The predicted octanol–water partition coefficient (Wildman–Crippen LogP) is 1.59. The molecule has 2 aliphatic rings. The molecule has 1 amide bonds. The van der Waals surface area contributed by atoms with Crippen molar-refractivity contribution in [2.75, 3.05) is 24.5 Å². The lowest BCUT2D eigenvalue weighted by Gasteiger charge is -2.25. The van der Waals surface area contributed by atoms with Crippen molar-refractivity contribution < 1.29 is 14.7 Å². The number of carbonyl (C=O) groups is 2. The molecule has 0 aromatic heterocycles. The minimum atomic E-state index is -0.905. The number of carboxylic acid groups (broad SMARTS) is 1. The summed E-state index contributed by atoms with van der Waals surface area (Å²) in [5.74, 6) is -0.645. The SMILES string of the molecule is O=C(O)c1cccc(N2CCC(N3CCCC3=O)C2)c1. The maximum absolute atomic E-state index is 11.8. The van der Waals surface area contributed by atoms with Gasteiger partial charge in [-0.3, -0.25) is 4.79 Å². The van der Waals surface area contributed by atoms with E-state index in [4.69, 9.17) is 5.11 Å². The summed E-state index contributed by atoms with van der Waals surface area (Å²) in [7, 11) is 0. The molecule has 106 valence electrons. The highest BCUT2D eigenvalue weighted by atomic mass is 16.4. The molecule has 20 heavy (non-hydrogen) atoms. The zero-order valence-corrected chi connectivity index (χ0v) is 11.3. The third-order valence-electron chi connectivity index (χ3n) is 4.17. The molecule has 1 N–H and O–H groups in total. The average molecular weight is 274 g/mol. The maximum atomic E-state index is 11.8. The first kappa shape index (κ1) is 13.0. The number of hydrogen-bond acceptors (Lipinski definition) is 3. The molecule has 0 spiro atoms. The topological polar surface area (TPSA) is 60.9 Å². The average Bonchev–Trinajstić information content (AvgIpc) is 3.07. The number of aromatic carboxylic acids is 1. The van der Waals surface area contributed by atoms with Crippen molar-refractivity contribution in [3.05, 3.63) is 29.8 Å². The number of anilines is 1. The van der Waals surface area contributed by atoms with E-state index in [0.717, 1.165) is 38.2 Å². The number of nitrogens with zero attached hydrogens (tertiary/aromatic N) is 2. The Labute approximate surface area is 117 Å². The van der Waals surface area contributed by atoms with Gasteiger partial charge in [0.1, 0.15) is 0 Å². The minimum absolute atomic E-state index is 0.260. The van der Waals surface area contributed by atoms with E-state index < -0.39 is 5.97 Å². The van der Waals surface area contributed by atoms with Crippen LogP contribution in [0.2, 0.25) is 0 Å². The highest BCUT2D eigenvalue weighted by Gasteiger charge is 2.33. The van der Waals surface area contributed by atoms with Crippen molar-refractivity contribution in [2.24, 2.45) is 0 Å². The lowest BCUT2D eigenvalue weighted by atomic mass is 10.2. The van der Waals surface area contributed by atoms with E-state index in [0.29, 0.717) is 12.0 Å². The highest BCUT2D eigenvalue weighted by Crippen LogP contribution is 2.26. The molecular formula is C15H18N2O3. The van der Waals surface area contributed by atoms with Gasteiger partial charge >= 0.3 is 5.97 Å². The van der Waals surface area contributed by atoms with Crippen LogP contribution in [0.25, 0.3) is 0 Å². The van der Waals surface area contributed by atoms with Crippen LogP contribution in [-0.2, 0) is 4.79 Å².